The van der Waals surface area contributed by atoms with Gasteiger partial charge in [0.15, 0.2) is 0 Å². The number of anilines is 1. The normalized spacial score (nSPS) is 29.3. The van der Waals surface area contributed by atoms with Crippen LogP contribution in [0.2, 0.25) is 0 Å². The van der Waals surface area contributed by atoms with Crippen LogP contribution in [-0.4, -0.2) is 38.8 Å². The lowest BCUT2D eigenvalue weighted by molar-refractivity contribution is 0.0895. The van der Waals surface area contributed by atoms with E-state index in [4.69, 9.17) is 10.5 Å². The summed E-state index contributed by atoms with van der Waals surface area (Å²) >= 11 is 0. The predicted molar refractivity (Wildman–Crippen MR) is 69.8 cm³/mol. The van der Waals surface area contributed by atoms with Gasteiger partial charge in [-0.2, -0.15) is 0 Å². The molecule has 1 saturated carbocycles. The van der Waals surface area contributed by atoms with E-state index < -0.39 is 11.3 Å². The SMILES string of the molecule is NCC1(c2ccccc2N2CCOCC2)CC1(F)F. The molecule has 19 heavy (non-hydrogen) atoms. The number of hydrogen-bond acceptors (Lipinski definition) is 3. The summed E-state index contributed by atoms with van der Waals surface area (Å²) in [6.45, 7) is 2.74. The third-order valence-corrected chi connectivity index (χ3v) is 4.22. The van der Waals surface area contributed by atoms with Crippen molar-refractivity contribution in [2.75, 3.05) is 37.7 Å². The number of rotatable bonds is 3. The van der Waals surface area contributed by atoms with Gasteiger partial charge in [0.25, 0.3) is 5.92 Å². The Kier molecular flexibility index (Phi) is 2.98. The number of ether oxygens (including phenoxy) is 1. The minimum Gasteiger partial charge on any atom is -0.378 e. The largest absolute Gasteiger partial charge is 0.378 e. The van der Waals surface area contributed by atoms with Crippen LogP contribution in [0, 0.1) is 0 Å². The van der Waals surface area contributed by atoms with Gasteiger partial charge in [0.2, 0.25) is 0 Å². The van der Waals surface area contributed by atoms with Crippen LogP contribution < -0.4 is 10.6 Å². The fourth-order valence-corrected chi connectivity index (χ4v) is 2.92. The molecule has 0 bridgehead atoms. The molecular formula is C14H18F2N2O. The summed E-state index contributed by atoms with van der Waals surface area (Å²) in [5, 5.41) is 0. The van der Waals surface area contributed by atoms with E-state index in [2.05, 4.69) is 4.90 Å². The molecule has 1 aliphatic carbocycles. The molecule has 3 nitrogen and oxygen atoms in total. The van der Waals surface area contributed by atoms with Crippen LogP contribution in [-0.2, 0) is 10.2 Å². The molecule has 5 heteroatoms. The maximum atomic E-state index is 13.8. The molecule has 3 rings (SSSR count). The molecule has 2 aliphatic rings. The van der Waals surface area contributed by atoms with Crippen molar-refractivity contribution in [3.63, 3.8) is 0 Å². The van der Waals surface area contributed by atoms with Crippen molar-refractivity contribution in [3.8, 4) is 0 Å². The zero-order valence-corrected chi connectivity index (χ0v) is 10.7. The summed E-state index contributed by atoms with van der Waals surface area (Å²) < 4.78 is 32.8. The molecule has 1 unspecified atom stereocenters. The van der Waals surface area contributed by atoms with Crippen molar-refractivity contribution >= 4 is 5.69 Å². The zero-order valence-electron chi connectivity index (χ0n) is 10.7. The topological polar surface area (TPSA) is 38.5 Å². The molecule has 0 radical (unpaired) electrons. The summed E-state index contributed by atoms with van der Waals surface area (Å²) in [4.78, 5) is 2.12. The zero-order chi connectivity index (χ0) is 13.5. The van der Waals surface area contributed by atoms with Crippen molar-refractivity contribution in [3.05, 3.63) is 29.8 Å². The van der Waals surface area contributed by atoms with Crippen molar-refractivity contribution in [1.82, 2.24) is 0 Å². The van der Waals surface area contributed by atoms with Gasteiger partial charge in [0.1, 0.15) is 0 Å². The van der Waals surface area contributed by atoms with Gasteiger partial charge in [-0.15, -0.1) is 0 Å². The number of para-hydroxylation sites is 1. The molecule has 0 amide bonds. The Morgan fingerprint density at radius 3 is 2.42 bits per heavy atom. The van der Waals surface area contributed by atoms with E-state index in [0.29, 0.717) is 18.8 Å². The molecule has 1 aromatic carbocycles. The number of benzene rings is 1. The first-order valence-corrected chi connectivity index (χ1v) is 6.61. The van der Waals surface area contributed by atoms with Gasteiger partial charge >= 0.3 is 0 Å². The molecule has 2 N–H and O–H groups in total. The number of halogens is 2. The van der Waals surface area contributed by atoms with Gasteiger partial charge in [-0.25, -0.2) is 8.78 Å². The monoisotopic (exact) mass is 268 g/mol. The molecule has 0 spiro atoms. The van der Waals surface area contributed by atoms with Crippen LogP contribution in [0.1, 0.15) is 12.0 Å². The molecule has 104 valence electrons. The second-order valence-corrected chi connectivity index (χ2v) is 5.28. The second kappa shape index (κ2) is 4.42. The van der Waals surface area contributed by atoms with Crippen LogP contribution in [0.3, 0.4) is 0 Å². The fraction of sp³-hybridized carbons (Fsp3) is 0.571. The highest BCUT2D eigenvalue weighted by Gasteiger charge is 2.71. The van der Waals surface area contributed by atoms with Crippen LogP contribution in [0.5, 0.6) is 0 Å². The van der Waals surface area contributed by atoms with Crippen molar-refractivity contribution < 1.29 is 13.5 Å². The maximum absolute atomic E-state index is 13.8. The van der Waals surface area contributed by atoms with Crippen LogP contribution in [0.25, 0.3) is 0 Å². The highest BCUT2D eigenvalue weighted by atomic mass is 19.3. The Balaban J connectivity index is 1.98. The van der Waals surface area contributed by atoms with Crippen molar-refractivity contribution in [2.45, 2.75) is 17.8 Å². The van der Waals surface area contributed by atoms with Crippen LogP contribution in [0.15, 0.2) is 24.3 Å². The van der Waals surface area contributed by atoms with Gasteiger partial charge < -0.3 is 15.4 Å². The third kappa shape index (κ3) is 1.92. The first-order valence-electron chi connectivity index (χ1n) is 6.61. The summed E-state index contributed by atoms with van der Waals surface area (Å²) in [6.07, 6.45) is -0.141. The number of nitrogens with zero attached hydrogens (tertiary/aromatic N) is 1. The van der Waals surface area contributed by atoms with E-state index in [0.717, 1.165) is 18.8 Å². The molecule has 1 aliphatic heterocycles. The third-order valence-electron chi connectivity index (χ3n) is 4.22. The highest BCUT2D eigenvalue weighted by Crippen LogP contribution is 2.62. The molecule has 2 fully saturated rings. The van der Waals surface area contributed by atoms with E-state index in [1.807, 2.05) is 18.2 Å². The van der Waals surface area contributed by atoms with Gasteiger partial charge in [-0.05, 0) is 11.6 Å². The minimum absolute atomic E-state index is 0.0125. The van der Waals surface area contributed by atoms with Crippen molar-refractivity contribution in [2.24, 2.45) is 5.73 Å². The van der Waals surface area contributed by atoms with E-state index in [1.54, 1.807) is 6.07 Å². The smallest absolute Gasteiger partial charge is 0.260 e. The first kappa shape index (κ1) is 12.8. The standard InChI is InChI=1S/C14H18F2N2O/c15-14(16)9-13(14,10-17)11-3-1-2-4-12(11)18-5-7-19-8-6-18/h1-4H,5-10,17H2. The summed E-state index contributed by atoms with van der Waals surface area (Å²) in [5.74, 6) is -2.68. The molecule has 1 heterocycles. The number of morpholine rings is 1. The Morgan fingerprint density at radius 1 is 1.21 bits per heavy atom. The summed E-state index contributed by atoms with van der Waals surface area (Å²) in [5.41, 5.74) is 6.05. The molecule has 1 atom stereocenters. The van der Waals surface area contributed by atoms with E-state index >= 15 is 0 Å². The van der Waals surface area contributed by atoms with E-state index in [-0.39, 0.29) is 13.0 Å². The van der Waals surface area contributed by atoms with Crippen molar-refractivity contribution in [1.29, 1.82) is 0 Å². The molecular weight excluding hydrogens is 250 g/mol. The summed E-state index contributed by atoms with van der Waals surface area (Å²) in [6, 6.07) is 7.40. The van der Waals surface area contributed by atoms with Gasteiger partial charge in [-0.3, -0.25) is 0 Å². The summed E-state index contributed by atoms with van der Waals surface area (Å²) in [7, 11) is 0. The fourth-order valence-electron chi connectivity index (χ4n) is 2.92. The number of alkyl halides is 2. The molecule has 1 saturated heterocycles. The number of hydrogen-bond donors (Lipinski definition) is 1. The Bertz CT molecular complexity index is 474. The predicted octanol–water partition coefficient (Wildman–Crippen LogP) is 1.76. The minimum atomic E-state index is -2.68. The van der Waals surface area contributed by atoms with Gasteiger partial charge in [0, 0.05) is 31.7 Å². The van der Waals surface area contributed by atoms with Crippen LogP contribution >= 0.6 is 0 Å². The molecule has 1 aromatic rings. The average molecular weight is 268 g/mol. The maximum Gasteiger partial charge on any atom is 0.260 e. The van der Waals surface area contributed by atoms with Gasteiger partial charge in [0.05, 0.1) is 18.6 Å². The lowest BCUT2D eigenvalue weighted by atomic mass is 9.93. The van der Waals surface area contributed by atoms with Crippen LogP contribution in [0.4, 0.5) is 14.5 Å². The Hall–Kier alpha value is -1.20. The lowest BCUT2D eigenvalue weighted by Gasteiger charge is -2.32. The van der Waals surface area contributed by atoms with E-state index in [9.17, 15) is 8.78 Å². The molecule has 0 aromatic heterocycles. The number of nitrogens with two attached hydrogens (primary N) is 1. The average Bonchev–Trinajstić information content (AvgIpc) is 3.03. The Morgan fingerprint density at radius 2 is 1.84 bits per heavy atom. The Labute approximate surface area is 111 Å². The van der Waals surface area contributed by atoms with E-state index in [1.165, 1.54) is 0 Å². The second-order valence-electron chi connectivity index (χ2n) is 5.28. The quantitative estimate of drug-likeness (QED) is 0.908. The van der Waals surface area contributed by atoms with Gasteiger partial charge in [-0.1, -0.05) is 18.2 Å². The lowest BCUT2D eigenvalue weighted by Crippen LogP contribution is -2.38. The first-order chi connectivity index (χ1) is 9.11. The highest BCUT2D eigenvalue weighted by molar-refractivity contribution is 5.61.